The molecule has 1 amide bonds. The molecule has 1 heterocycles. The molecule has 6 heteroatoms. The summed E-state index contributed by atoms with van der Waals surface area (Å²) in [4.78, 5) is 14.4. The molecule has 3 N–H and O–H groups in total. The maximum atomic E-state index is 12.1. The number of ether oxygens (including phenoxy) is 1. The van der Waals surface area contributed by atoms with Crippen molar-refractivity contribution in [2.24, 2.45) is 0 Å². The van der Waals surface area contributed by atoms with E-state index < -0.39 is 0 Å². The van der Waals surface area contributed by atoms with Crippen LogP contribution in [-0.2, 0) is 4.74 Å². The summed E-state index contributed by atoms with van der Waals surface area (Å²) in [5.41, 5.74) is 6.59. The second kappa shape index (κ2) is 6.92. The van der Waals surface area contributed by atoms with Crippen molar-refractivity contribution in [3.05, 3.63) is 28.8 Å². The zero-order chi connectivity index (χ0) is 14.5. The number of amides is 1. The molecule has 2 rings (SSSR count). The third kappa shape index (κ3) is 3.85. The number of nitrogens with one attached hydrogen (secondary N) is 1. The summed E-state index contributed by atoms with van der Waals surface area (Å²) < 4.78 is 5.64. The molecule has 1 saturated heterocycles. The number of likely N-dealkylation sites (N-methyl/N-ethyl adjacent to an activating group) is 1. The zero-order valence-corrected chi connectivity index (χ0v) is 12.3. The number of nitrogens with zero attached hydrogens (tertiary/aromatic N) is 1. The van der Waals surface area contributed by atoms with Gasteiger partial charge in [0.15, 0.2) is 0 Å². The second-order valence-electron chi connectivity index (χ2n) is 4.84. The monoisotopic (exact) mass is 297 g/mol. The summed E-state index contributed by atoms with van der Waals surface area (Å²) in [6.07, 6.45) is 0.0208. The van der Waals surface area contributed by atoms with Crippen LogP contribution in [0.2, 0.25) is 5.02 Å². The molecule has 1 aromatic carbocycles. The van der Waals surface area contributed by atoms with E-state index in [-0.39, 0.29) is 12.0 Å². The Balaban J connectivity index is 1.90. The van der Waals surface area contributed by atoms with Gasteiger partial charge in [-0.1, -0.05) is 18.5 Å². The molecule has 110 valence electrons. The predicted octanol–water partition coefficient (Wildman–Crippen LogP) is 1.37. The molecule has 1 aromatic rings. The van der Waals surface area contributed by atoms with Crippen LogP contribution in [0, 0.1) is 0 Å². The lowest BCUT2D eigenvalue weighted by atomic mass is 10.2. The number of hydrogen-bond acceptors (Lipinski definition) is 4. The van der Waals surface area contributed by atoms with E-state index in [1.807, 2.05) is 0 Å². The van der Waals surface area contributed by atoms with Crippen molar-refractivity contribution in [2.75, 3.05) is 38.5 Å². The zero-order valence-electron chi connectivity index (χ0n) is 11.6. The Hall–Kier alpha value is -1.30. The lowest BCUT2D eigenvalue weighted by Crippen LogP contribution is -2.47. The van der Waals surface area contributed by atoms with Gasteiger partial charge in [0.05, 0.1) is 23.3 Å². The molecule has 0 radical (unpaired) electrons. The number of carbonyl (C=O) groups excluding carboxylic acids is 1. The minimum atomic E-state index is -0.223. The van der Waals surface area contributed by atoms with Gasteiger partial charge in [-0.25, -0.2) is 0 Å². The molecule has 0 aromatic heterocycles. The van der Waals surface area contributed by atoms with Crippen LogP contribution in [0.25, 0.3) is 0 Å². The van der Waals surface area contributed by atoms with E-state index in [9.17, 15) is 4.79 Å². The van der Waals surface area contributed by atoms with E-state index in [1.54, 1.807) is 18.2 Å². The van der Waals surface area contributed by atoms with Crippen molar-refractivity contribution < 1.29 is 9.53 Å². The highest BCUT2D eigenvalue weighted by Gasteiger charge is 2.20. The average molecular weight is 298 g/mol. The first-order valence-electron chi connectivity index (χ1n) is 6.77. The van der Waals surface area contributed by atoms with Crippen molar-refractivity contribution in [3.8, 4) is 0 Å². The van der Waals surface area contributed by atoms with E-state index in [0.717, 1.165) is 19.6 Å². The molecule has 0 aliphatic carbocycles. The molecular weight excluding hydrogens is 278 g/mol. The minimum Gasteiger partial charge on any atom is -0.399 e. The molecule has 1 atom stereocenters. The van der Waals surface area contributed by atoms with Crippen LogP contribution in [0.5, 0.6) is 0 Å². The van der Waals surface area contributed by atoms with E-state index in [4.69, 9.17) is 22.1 Å². The standard InChI is InChI=1S/C14H20ClN3O2/c1-2-18-5-6-20-11(9-18)8-17-14(19)12-7-10(16)3-4-13(12)15/h3-4,7,11H,2,5-6,8-9,16H2,1H3,(H,17,19). The fraction of sp³-hybridized carbons (Fsp3) is 0.500. The number of carbonyl (C=O) groups is 1. The normalized spacial score (nSPS) is 19.8. The summed E-state index contributed by atoms with van der Waals surface area (Å²) in [5, 5.41) is 3.25. The van der Waals surface area contributed by atoms with Gasteiger partial charge >= 0.3 is 0 Å². The van der Waals surface area contributed by atoms with Gasteiger partial charge in [-0.05, 0) is 24.7 Å². The molecule has 0 saturated carbocycles. The summed E-state index contributed by atoms with van der Waals surface area (Å²) in [6.45, 7) is 6.07. The highest BCUT2D eigenvalue weighted by molar-refractivity contribution is 6.34. The lowest BCUT2D eigenvalue weighted by molar-refractivity contribution is -0.0246. The Labute approximate surface area is 124 Å². The summed E-state index contributed by atoms with van der Waals surface area (Å²) in [7, 11) is 0. The summed E-state index contributed by atoms with van der Waals surface area (Å²) in [5.74, 6) is -0.223. The van der Waals surface area contributed by atoms with Crippen molar-refractivity contribution in [3.63, 3.8) is 0 Å². The largest absolute Gasteiger partial charge is 0.399 e. The van der Waals surface area contributed by atoms with Crippen molar-refractivity contribution >= 4 is 23.2 Å². The smallest absolute Gasteiger partial charge is 0.252 e. The van der Waals surface area contributed by atoms with Crippen LogP contribution in [-0.4, -0.2) is 49.7 Å². The van der Waals surface area contributed by atoms with Crippen LogP contribution < -0.4 is 11.1 Å². The highest BCUT2D eigenvalue weighted by atomic mass is 35.5. The van der Waals surface area contributed by atoms with E-state index in [1.165, 1.54) is 0 Å². The highest BCUT2D eigenvalue weighted by Crippen LogP contribution is 2.18. The van der Waals surface area contributed by atoms with Crippen molar-refractivity contribution in [1.29, 1.82) is 0 Å². The second-order valence-corrected chi connectivity index (χ2v) is 5.24. The van der Waals surface area contributed by atoms with Crippen molar-refractivity contribution in [1.82, 2.24) is 10.2 Å². The molecule has 5 nitrogen and oxygen atoms in total. The van der Waals surface area contributed by atoms with Crippen molar-refractivity contribution in [2.45, 2.75) is 13.0 Å². The molecule has 0 bridgehead atoms. The van der Waals surface area contributed by atoms with Gasteiger partial charge in [-0.2, -0.15) is 0 Å². The maximum Gasteiger partial charge on any atom is 0.252 e. The number of halogens is 1. The Morgan fingerprint density at radius 2 is 2.40 bits per heavy atom. The van der Waals surface area contributed by atoms with Gasteiger partial charge in [0.1, 0.15) is 0 Å². The van der Waals surface area contributed by atoms with Crippen LogP contribution >= 0.6 is 11.6 Å². The predicted molar refractivity (Wildman–Crippen MR) is 80.1 cm³/mol. The fourth-order valence-electron chi connectivity index (χ4n) is 2.21. The molecule has 1 fully saturated rings. The van der Waals surface area contributed by atoms with Crippen LogP contribution in [0.15, 0.2) is 18.2 Å². The molecule has 20 heavy (non-hydrogen) atoms. The van der Waals surface area contributed by atoms with Gasteiger partial charge in [0.25, 0.3) is 5.91 Å². The molecule has 1 unspecified atom stereocenters. The van der Waals surface area contributed by atoms with E-state index in [0.29, 0.717) is 29.4 Å². The third-order valence-electron chi connectivity index (χ3n) is 3.40. The first-order chi connectivity index (χ1) is 9.60. The van der Waals surface area contributed by atoms with Gasteiger partial charge < -0.3 is 15.8 Å². The lowest BCUT2D eigenvalue weighted by Gasteiger charge is -2.32. The summed E-state index contributed by atoms with van der Waals surface area (Å²) >= 11 is 6.00. The molecular formula is C14H20ClN3O2. The SMILES string of the molecule is CCN1CCOC(CNC(=O)c2cc(N)ccc2Cl)C1. The molecule has 1 aliphatic heterocycles. The first kappa shape index (κ1) is 15.1. The number of hydrogen-bond donors (Lipinski definition) is 2. The summed E-state index contributed by atoms with van der Waals surface area (Å²) in [6, 6.07) is 4.88. The number of anilines is 1. The third-order valence-corrected chi connectivity index (χ3v) is 3.73. The number of benzene rings is 1. The number of rotatable bonds is 4. The number of morpholine rings is 1. The quantitative estimate of drug-likeness (QED) is 0.824. The van der Waals surface area contributed by atoms with Crippen LogP contribution in [0.4, 0.5) is 5.69 Å². The molecule has 1 aliphatic rings. The number of nitrogens with two attached hydrogens (primary N) is 1. The van der Waals surface area contributed by atoms with Gasteiger partial charge in [0.2, 0.25) is 0 Å². The Morgan fingerprint density at radius 1 is 1.60 bits per heavy atom. The van der Waals surface area contributed by atoms with Gasteiger partial charge in [0, 0.05) is 25.3 Å². The maximum absolute atomic E-state index is 12.1. The average Bonchev–Trinajstić information content (AvgIpc) is 2.47. The van der Waals surface area contributed by atoms with Crippen LogP contribution in [0.3, 0.4) is 0 Å². The fourth-order valence-corrected chi connectivity index (χ4v) is 2.41. The Kier molecular flexibility index (Phi) is 5.23. The van der Waals surface area contributed by atoms with Gasteiger partial charge in [-0.15, -0.1) is 0 Å². The Bertz CT molecular complexity index is 481. The van der Waals surface area contributed by atoms with E-state index in [2.05, 4.69) is 17.1 Å². The van der Waals surface area contributed by atoms with Gasteiger partial charge in [-0.3, -0.25) is 9.69 Å². The minimum absolute atomic E-state index is 0.0208. The first-order valence-corrected chi connectivity index (χ1v) is 7.15. The topological polar surface area (TPSA) is 67.6 Å². The molecule has 0 spiro atoms. The number of nitrogen functional groups attached to an aromatic ring is 1. The van der Waals surface area contributed by atoms with E-state index >= 15 is 0 Å². The Morgan fingerprint density at radius 3 is 3.15 bits per heavy atom. The van der Waals surface area contributed by atoms with Crippen LogP contribution in [0.1, 0.15) is 17.3 Å².